The number of aromatic nitrogens is 2. The number of hydrogen-bond acceptors (Lipinski definition) is 8. The Labute approximate surface area is 226 Å². The molecule has 2 aromatic rings. The quantitative estimate of drug-likeness (QED) is 0.108. The third-order valence-electron chi connectivity index (χ3n) is 4.71. The molecule has 1 amide bonds. The van der Waals surface area contributed by atoms with Gasteiger partial charge in [-0.25, -0.2) is 14.6 Å². The highest BCUT2D eigenvalue weighted by molar-refractivity contribution is 7.99. The SMILES string of the molecule is CC(C)(C)OC(=O)NCCCSc1nc2ccc(OC(=O)OC(C)(C)C)cc2n1COCC[Si](C)(C)C. The summed E-state index contributed by atoms with van der Waals surface area (Å²) in [5.41, 5.74) is 0.420. The Morgan fingerprint density at radius 3 is 2.35 bits per heavy atom. The van der Waals surface area contributed by atoms with Crippen LogP contribution in [0.15, 0.2) is 23.4 Å². The van der Waals surface area contributed by atoms with Crippen molar-refractivity contribution in [2.75, 3.05) is 18.9 Å². The van der Waals surface area contributed by atoms with Crippen LogP contribution < -0.4 is 10.1 Å². The molecule has 2 rings (SSSR count). The molecule has 0 saturated heterocycles. The first-order valence-corrected chi connectivity index (χ1v) is 17.3. The number of carbonyl (C=O) groups excluding carboxylic acids is 2. The average Bonchev–Trinajstić information content (AvgIpc) is 3.04. The molecule has 0 radical (unpaired) electrons. The normalized spacial score (nSPS) is 12.5. The van der Waals surface area contributed by atoms with Gasteiger partial charge in [-0.05, 0) is 66.1 Å². The van der Waals surface area contributed by atoms with Crippen LogP contribution in [0.1, 0.15) is 48.0 Å². The lowest BCUT2D eigenvalue weighted by Crippen LogP contribution is -2.33. The second-order valence-electron chi connectivity index (χ2n) is 12.0. The lowest BCUT2D eigenvalue weighted by Gasteiger charge is -2.19. The fourth-order valence-electron chi connectivity index (χ4n) is 3.02. The molecule has 0 atom stereocenters. The first kappa shape index (κ1) is 31.0. The molecule has 0 spiro atoms. The van der Waals surface area contributed by atoms with Gasteiger partial charge in [0.25, 0.3) is 0 Å². The lowest BCUT2D eigenvalue weighted by molar-refractivity contribution is 0.0206. The van der Waals surface area contributed by atoms with Gasteiger partial charge in [-0.3, -0.25) is 4.57 Å². The van der Waals surface area contributed by atoms with Gasteiger partial charge in [0.1, 0.15) is 23.7 Å². The number of fused-ring (bicyclic) bond motifs is 1. The summed E-state index contributed by atoms with van der Waals surface area (Å²) in [5, 5.41) is 3.58. The highest BCUT2D eigenvalue weighted by Crippen LogP contribution is 2.28. The third kappa shape index (κ3) is 12.2. The van der Waals surface area contributed by atoms with Gasteiger partial charge >= 0.3 is 12.2 Å². The summed E-state index contributed by atoms with van der Waals surface area (Å²) in [7, 11) is -1.22. The van der Waals surface area contributed by atoms with E-state index in [-0.39, 0.29) is 0 Å². The van der Waals surface area contributed by atoms with E-state index in [9.17, 15) is 9.59 Å². The number of hydrogen-bond donors (Lipinski definition) is 1. The van der Waals surface area contributed by atoms with Gasteiger partial charge in [-0.1, -0.05) is 31.4 Å². The van der Waals surface area contributed by atoms with Crippen LogP contribution in [0.3, 0.4) is 0 Å². The summed E-state index contributed by atoms with van der Waals surface area (Å²) in [5.74, 6) is 1.12. The van der Waals surface area contributed by atoms with Crippen LogP contribution in [-0.4, -0.2) is 60.0 Å². The van der Waals surface area contributed by atoms with E-state index < -0.39 is 31.5 Å². The molecule has 9 nitrogen and oxygen atoms in total. The molecule has 0 bridgehead atoms. The zero-order valence-corrected chi connectivity index (χ0v) is 25.5. The predicted molar refractivity (Wildman–Crippen MR) is 150 cm³/mol. The van der Waals surface area contributed by atoms with Crippen LogP contribution in [0.4, 0.5) is 9.59 Å². The second-order valence-corrected chi connectivity index (χ2v) is 18.7. The van der Waals surface area contributed by atoms with E-state index in [0.29, 0.717) is 25.6 Å². The van der Waals surface area contributed by atoms with Crippen molar-refractivity contribution in [1.82, 2.24) is 14.9 Å². The number of alkyl carbamates (subject to hydrolysis) is 1. The van der Waals surface area contributed by atoms with Crippen LogP contribution in [-0.2, 0) is 20.9 Å². The number of ether oxygens (including phenoxy) is 4. The van der Waals surface area contributed by atoms with Crippen LogP contribution in [0.25, 0.3) is 11.0 Å². The summed E-state index contributed by atoms with van der Waals surface area (Å²) < 4.78 is 24.0. The van der Waals surface area contributed by atoms with E-state index in [0.717, 1.165) is 34.4 Å². The van der Waals surface area contributed by atoms with Crippen molar-refractivity contribution in [1.29, 1.82) is 0 Å². The van der Waals surface area contributed by atoms with E-state index in [4.69, 9.17) is 23.9 Å². The largest absolute Gasteiger partial charge is 0.514 e. The van der Waals surface area contributed by atoms with Crippen LogP contribution in [0.5, 0.6) is 5.75 Å². The Balaban J connectivity index is 2.10. The van der Waals surface area contributed by atoms with Crippen molar-refractivity contribution in [2.45, 2.75) is 96.7 Å². The smallest absolute Gasteiger partial charge is 0.444 e. The van der Waals surface area contributed by atoms with Gasteiger partial charge in [0.05, 0.1) is 11.0 Å². The highest BCUT2D eigenvalue weighted by atomic mass is 32.2. The van der Waals surface area contributed by atoms with Crippen molar-refractivity contribution >= 4 is 43.1 Å². The molecule has 208 valence electrons. The summed E-state index contributed by atoms with van der Waals surface area (Å²) in [6.07, 6.45) is -0.425. The first-order chi connectivity index (χ1) is 17.0. The summed E-state index contributed by atoms with van der Waals surface area (Å²) in [4.78, 5) is 28.8. The molecule has 0 unspecified atom stereocenters. The first-order valence-electron chi connectivity index (χ1n) is 12.6. The Morgan fingerprint density at radius 1 is 1.05 bits per heavy atom. The molecule has 0 fully saturated rings. The van der Waals surface area contributed by atoms with Crippen molar-refractivity contribution in [2.24, 2.45) is 0 Å². The van der Waals surface area contributed by atoms with Gasteiger partial charge in [-0.2, -0.15) is 0 Å². The number of amides is 1. The van der Waals surface area contributed by atoms with Crippen LogP contribution >= 0.6 is 11.8 Å². The lowest BCUT2D eigenvalue weighted by atomic mass is 10.2. The molecule has 0 aliphatic carbocycles. The number of nitrogens with zero attached hydrogens (tertiary/aromatic N) is 2. The number of nitrogens with one attached hydrogen (secondary N) is 1. The van der Waals surface area contributed by atoms with Gasteiger partial charge in [0.15, 0.2) is 5.16 Å². The van der Waals surface area contributed by atoms with Crippen molar-refractivity contribution < 1.29 is 28.5 Å². The third-order valence-corrected chi connectivity index (χ3v) is 7.48. The van der Waals surface area contributed by atoms with Gasteiger partial charge < -0.3 is 24.3 Å². The number of rotatable bonds is 11. The second kappa shape index (κ2) is 13.0. The van der Waals surface area contributed by atoms with E-state index in [1.807, 2.05) is 31.4 Å². The number of imidazole rings is 1. The average molecular weight is 554 g/mol. The van der Waals surface area contributed by atoms with E-state index in [2.05, 4.69) is 25.0 Å². The van der Waals surface area contributed by atoms with E-state index in [1.54, 1.807) is 44.7 Å². The maximum absolute atomic E-state index is 12.2. The summed E-state index contributed by atoms with van der Waals surface area (Å²) in [6, 6.07) is 6.37. The Hall–Kier alpha value is -2.24. The highest BCUT2D eigenvalue weighted by Gasteiger charge is 2.20. The molecule has 0 aliphatic heterocycles. The molecule has 0 aliphatic rings. The van der Waals surface area contributed by atoms with Crippen LogP contribution in [0.2, 0.25) is 25.7 Å². The fourth-order valence-corrected chi connectivity index (χ4v) is 4.72. The summed E-state index contributed by atoms with van der Waals surface area (Å²) >= 11 is 1.58. The van der Waals surface area contributed by atoms with Gasteiger partial charge in [0, 0.05) is 33.0 Å². The maximum Gasteiger partial charge on any atom is 0.514 e. The van der Waals surface area contributed by atoms with Crippen molar-refractivity contribution in [3.05, 3.63) is 18.2 Å². The number of thioether (sulfide) groups is 1. The van der Waals surface area contributed by atoms with Gasteiger partial charge in [0.2, 0.25) is 0 Å². The number of carbonyl (C=O) groups is 2. The molecule has 0 saturated carbocycles. The van der Waals surface area contributed by atoms with Crippen molar-refractivity contribution in [3.8, 4) is 5.75 Å². The Morgan fingerprint density at radius 2 is 1.73 bits per heavy atom. The Bertz CT molecular complexity index is 1050. The van der Waals surface area contributed by atoms with Crippen LogP contribution in [0, 0.1) is 0 Å². The maximum atomic E-state index is 12.2. The molecule has 1 aromatic heterocycles. The topological polar surface area (TPSA) is 101 Å². The van der Waals surface area contributed by atoms with E-state index >= 15 is 0 Å². The minimum atomic E-state index is -1.22. The minimum Gasteiger partial charge on any atom is -0.444 e. The number of benzene rings is 1. The standard InChI is InChI=1S/C26H43N3O6SSi/c1-25(2,3)34-23(30)27-13-10-15-36-22-28-20-12-11-19(33-24(31)35-26(4,5)6)17-21(20)29(22)18-32-14-16-37(7,8)9/h11-12,17H,10,13-16,18H2,1-9H3,(H,27,30). The molecule has 37 heavy (non-hydrogen) atoms. The Kier molecular flexibility index (Phi) is 10.9. The van der Waals surface area contributed by atoms with E-state index in [1.165, 1.54) is 0 Å². The molecule has 11 heteroatoms. The molecular formula is C26H43N3O6SSi. The molecule has 1 N–H and O–H groups in total. The zero-order valence-electron chi connectivity index (χ0n) is 23.7. The predicted octanol–water partition coefficient (Wildman–Crippen LogP) is 6.67. The van der Waals surface area contributed by atoms with Crippen molar-refractivity contribution in [3.63, 3.8) is 0 Å². The zero-order chi connectivity index (χ0) is 27.9. The molecule has 1 heterocycles. The fraction of sp³-hybridized carbons (Fsp3) is 0.654. The minimum absolute atomic E-state index is 0.343. The summed E-state index contributed by atoms with van der Waals surface area (Å²) in [6.45, 7) is 19.3. The van der Waals surface area contributed by atoms with Gasteiger partial charge in [-0.15, -0.1) is 0 Å². The monoisotopic (exact) mass is 553 g/mol. The molecular weight excluding hydrogens is 510 g/mol. The molecule has 1 aromatic carbocycles.